The molecule has 0 rings (SSSR count). The van der Waals surface area contributed by atoms with Crippen molar-refractivity contribution < 1.29 is 28.6 Å². The van der Waals surface area contributed by atoms with Crippen LogP contribution in [0.4, 0.5) is 0 Å². The molecule has 0 heterocycles. The lowest BCUT2D eigenvalue weighted by Crippen LogP contribution is -2.30. The first-order valence-electron chi connectivity index (χ1n) is 28.5. The summed E-state index contributed by atoms with van der Waals surface area (Å²) < 4.78 is 16.8. The van der Waals surface area contributed by atoms with Gasteiger partial charge in [0, 0.05) is 19.3 Å². The molecular weight excluding hydrogens is 805 g/mol. The molecule has 65 heavy (non-hydrogen) atoms. The molecule has 6 heteroatoms. The number of hydrogen-bond donors (Lipinski definition) is 0. The van der Waals surface area contributed by atoms with Crippen LogP contribution < -0.4 is 0 Å². The van der Waals surface area contributed by atoms with E-state index < -0.39 is 6.10 Å². The van der Waals surface area contributed by atoms with Gasteiger partial charge < -0.3 is 14.2 Å². The van der Waals surface area contributed by atoms with Crippen LogP contribution in [0, 0.1) is 0 Å². The smallest absolute Gasteiger partial charge is 0.306 e. The van der Waals surface area contributed by atoms with Crippen molar-refractivity contribution in [1.82, 2.24) is 0 Å². The summed E-state index contributed by atoms with van der Waals surface area (Å²) >= 11 is 0. The topological polar surface area (TPSA) is 78.9 Å². The van der Waals surface area contributed by atoms with Crippen LogP contribution in [0.1, 0.15) is 303 Å². The maximum Gasteiger partial charge on any atom is 0.306 e. The highest BCUT2D eigenvalue weighted by molar-refractivity contribution is 5.71. The zero-order chi connectivity index (χ0) is 47.2. The van der Waals surface area contributed by atoms with Gasteiger partial charge in [0.2, 0.25) is 0 Å². The zero-order valence-corrected chi connectivity index (χ0v) is 43.5. The third kappa shape index (κ3) is 52.5. The number of hydrogen-bond acceptors (Lipinski definition) is 6. The van der Waals surface area contributed by atoms with E-state index in [1.54, 1.807) is 0 Å². The first kappa shape index (κ1) is 62.6. The highest BCUT2D eigenvalue weighted by atomic mass is 16.6. The predicted molar refractivity (Wildman–Crippen MR) is 279 cm³/mol. The Labute approximate surface area is 404 Å². The van der Waals surface area contributed by atoms with Gasteiger partial charge >= 0.3 is 17.9 Å². The molecule has 1 atom stereocenters. The number of carbonyl (C=O) groups excluding carboxylic acids is 3. The van der Waals surface area contributed by atoms with E-state index in [-0.39, 0.29) is 31.1 Å². The first-order valence-corrected chi connectivity index (χ1v) is 28.5. The van der Waals surface area contributed by atoms with Crippen molar-refractivity contribution >= 4 is 17.9 Å². The molecule has 0 aliphatic rings. The molecule has 0 saturated carbocycles. The lowest BCUT2D eigenvalue weighted by Gasteiger charge is -2.18. The highest BCUT2D eigenvalue weighted by Gasteiger charge is 2.19. The third-order valence-corrected chi connectivity index (χ3v) is 12.6. The SMILES string of the molecule is CCC/C=C\CCCCCCCC(=O)OC(COC(=O)CCCCCCCCCCCC)COC(=O)CCCCCCCCCCCCCCCCC/C=C\C/C=C\CCCCCCC. The van der Waals surface area contributed by atoms with Crippen LogP contribution in [-0.2, 0) is 28.6 Å². The van der Waals surface area contributed by atoms with E-state index in [1.165, 1.54) is 180 Å². The van der Waals surface area contributed by atoms with Gasteiger partial charge in [-0.3, -0.25) is 14.4 Å². The molecule has 0 radical (unpaired) electrons. The minimum Gasteiger partial charge on any atom is -0.462 e. The van der Waals surface area contributed by atoms with E-state index in [9.17, 15) is 14.4 Å². The van der Waals surface area contributed by atoms with Crippen LogP contribution in [0.5, 0.6) is 0 Å². The molecule has 0 fully saturated rings. The largest absolute Gasteiger partial charge is 0.462 e. The van der Waals surface area contributed by atoms with E-state index in [1.807, 2.05) is 0 Å². The van der Waals surface area contributed by atoms with Crippen LogP contribution >= 0.6 is 0 Å². The molecule has 0 aromatic heterocycles. The van der Waals surface area contributed by atoms with Gasteiger partial charge in [0.25, 0.3) is 0 Å². The number of unbranched alkanes of at least 4 members (excludes halogenated alkanes) is 35. The van der Waals surface area contributed by atoms with Crippen molar-refractivity contribution in [2.45, 2.75) is 309 Å². The van der Waals surface area contributed by atoms with Gasteiger partial charge in [-0.2, -0.15) is 0 Å². The standard InChI is InChI=1S/C59H108O6/c1-4-7-10-13-16-19-22-23-24-25-26-27-28-29-30-31-32-33-34-35-36-37-38-41-43-46-49-52-58(61)64-55-56(65-59(62)53-50-47-44-40-21-18-15-12-9-6-3)54-63-57(60)51-48-45-42-39-20-17-14-11-8-5-2/h12,15,22-23,25-26,56H,4-11,13-14,16-21,24,27-55H2,1-3H3/b15-12-,23-22-,26-25-. The fourth-order valence-corrected chi connectivity index (χ4v) is 8.30. The molecule has 380 valence electrons. The molecule has 0 bridgehead atoms. The molecule has 0 saturated heterocycles. The average Bonchev–Trinajstić information content (AvgIpc) is 3.30. The minimum absolute atomic E-state index is 0.0720. The fourth-order valence-electron chi connectivity index (χ4n) is 8.30. The molecule has 0 aliphatic heterocycles. The molecule has 0 aromatic rings. The van der Waals surface area contributed by atoms with Crippen molar-refractivity contribution in [2.24, 2.45) is 0 Å². The second-order valence-corrected chi connectivity index (χ2v) is 19.2. The quantitative estimate of drug-likeness (QED) is 0.0262. The van der Waals surface area contributed by atoms with E-state index >= 15 is 0 Å². The van der Waals surface area contributed by atoms with Gasteiger partial charge in [-0.15, -0.1) is 0 Å². The van der Waals surface area contributed by atoms with Crippen molar-refractivity contribution in [3.63, 3.8) is 0 Å². The van der Waals surface area contributed by atoms with Crippen LogP contribution in [0.15, 0.2) is 36.5 Å². The summed E-state index contributed by atoms with van der Waals surface area (Å²) in [4.78, 5) is 37.9. The second-order valence-electron chi connectivity index (χ2n) is 19.2. The van der Waals surface area contributed by atoms with E-state index in [4.69, 9.17) is 14.2 Å². The van der Waals surface area contributed by atoms with E-state index in [2.05, 4.69) is 57.2 Å². The maximum atomic E-state index is 12.7. The summed E-state index contributed by atoms with van der Waals surface area (Å²) in [5.74, 6) is -0.872. The third-order valence-electron chi connectivity index (χ3n) is 12.6. The summed E-state index contributed by atoms with van der Waals surface area (Å²) in [7, 11) is 0. The summed E-state index contributed by atoms with van der Waals surface area (Å²) in [5.41, 5.74) is 0. The van der Waals surface area contributed by atoms with E-state index in [0.29, 0.717) is 19.3 Å². The molecule has 1 unspecified atom stereocenters. The van der Waals surface area contributed by atoms with Crippen molar-refractivity contribution in [3.8, 4) is 0 Å². The maximum absolute atomic E-state index is 12.7. The summed E-state index contributed by atoms with van der Waals surface area (Å²) in [6.07, 6.45) is 64.5. The zero-order valence-electron chi connectivity index (χ0n) is 43.5. The summed E-state index contributed by atoms with van der Waals surface area (Å²) in [6.45, 7) is 6.57. The monoisotopic (exact) mass is 913 g/mol. The Morgan fingerprint density at radius 2 is 0.585 bits per heavy atom. The Hall–Kier alpha value is -2.37. The number of esters is 3. The number of ether oxygens (including phenoxy) is 3. The Kier molecular flexibility index (Phi) is 52.3. The van der Waals surface area contributed by atoms with Crippen molar-refractivity contribution in [1.29, 1.82) is 0 Å². The summed E-state index contributed by atoms with van der Waals surface area (Å²) in [5, 5.41) is 0. The van der Waals surface area contributed by atoms with Gasteiger partial charge in [0.15, 0.2) is 6.10 Å². The predicted octanol–water partition coefficient (Wildman–Crippen LogP) is 18.9. The molecule has 0 amide bonds. The molecule has 0 N–H and O–H groups in total. The van der Waals surface area contributed by atoms with Gasteiger partial charge in [0.1, 0.15) is 13.2 Å². The van der Waals surface area contributed by atoms with Crippen molar-refractivity contribution in [3.05, 3.63) is 36.5 Å². The minimum atomic E-state index is -0.770. The Morgan fingerprint density at radius 3 is 0.923 bits per heavy atom. The Morgan fingerprint density at radius 1 is 0.308 bits per heavy atom. The van der Waals surface area contributed by atoms with Crippen LogP contribution in [0.2, 0.25) is 0 Å². The molecule has 0 aliphatic carbocycles. The first-order chi connectivity index (χ1) is 32.0. The average molecular weight is 914 g/mol. The fraction of sp³-hybridized carbons (Fsp3) is 0.847. The van der Waals surface area contributed by atoms with Gasteiger partial charge in [0.05, 0.1) is 0 Å². The Bertz CT molecular complexity index is 1090. The highest BCUT2D eigenvalue weighted by Crippen LogP contribution is 2.16. The number of carbonyl (C=O) groups is 3. The second kappa shape index (κ2) is 54.2. The Balaban J connectivity index is 4.08. The van der Waals surface area contributed by atoms with Crippen LogP contribution in [0.25, 0.3) is 0 Å². The number of rotatable bonds is 52. The molecular formula is C59H108O6. The van der Waals surface area contributed by atoms with Crippen molar-refractivity contribution in [2.75, 3.05) is 13.2 Å². The van der Waals surface area contributed by atoms with Crippen LogP contribution in [0.3, 0.4) is 0 Å². The van der Waals surface area contributed by atoms with Gasteiger partial charge in [-0.1, -0.05) is 250 Å². The lowest BCUT2D eigenvalue weighted by atomic mass is 10.0. The van der Waals surface area contributed by atoms with E-state index in [0.717, 1.165) is 83.5 Å². The molecule has 6 nitrogen and oxygen atoms in total. The van der Waals surface area contributed by atoms with Gasteiger partial charge in [-0.25, -0.2) is 0 Å². The molecule has 0 aromatic carbocycles. The number of allylic oxidation sites excluding steroid dienone is 6. The summed E-state index contributed by atoms with van der Waals surface area (Å²) in [6, 6.07) is 0. The van der Waals surface area contributed by atoms with Gasteiger partial charge in [-0.05, 0) is 70.6 Å². The lowest BCUT2D eigenvalue weighted by molar-refractivity contribution is -0.167. The van der Waals surface area contributed by atoms with Crippen LogP contribution in [-0.4, -0.2) is 37.2 Å². The molecule has 0 spiro atoms. The normalized spacial score (nSPS) is 12.2.